The van der Waals surface area contributed by atoms with E-state index in [-0.39, 0.29) is 39.2 Å². The number of hydrogen-bond donors (Lipinski definition) is 4. The van der Waals surface area contributed by atoms with Gasteiger partial charge in [0.2, 0.25) is 0 Å². The van der Waals surface area contributed by atoms with Gasteiger partial charge in [0.05, 0.1) is 0 Å². The van der Waals surface area contributed by atoms with Gasteiger partial charge >= 0.3 is 5.97 Å². The molecule has 0 bridgehead atoms. The molecule has 0 aliphatic carbocycles. The van der Waals surface area contributed by atoms with E-state index in [0.29, 0.717) is 29.2 Å². The number of allylic oxidation sites excluding steroid dienone is 2. The zero-order chi connectivity index (χ0) is 26.4. The van der Waals surface area contributed by atoms with Gasteiger partial charge in [-0.2, -0.15) is 0 Å². The monoisotopic (exact) mass is 489 g/mol. The highest BCUT2D eigenvalue weighted by atomic mass is 16.5. The second-order valence-corrected chi connectivity index (χ2v) is 8.28. The van der Waals surface area contributed by atoms with Crippen LogP contribution in [0, 0.1) is 6.92 Å². The molecule has 0 fully saturated rings. The Labute approximate surface area is 207 Å². The van der Waals surface area contributed by atoms with Gasteiger partial charge in [-0.25, -0.2) is 4.79 Å². The van der Waals surface area contributed by atoms with Gasteiger partial charge in [-0.1, -0.05) is 29.8 Å². The van der Waals surface area contributed by atoms with E-state index in [2.05, 4.69) is 0 Å². The third-order valence-corrected chi connectivity index (χ3v) is 5.11. The predicted octanol–water partition coefficient (Wildman–Crippen LogP) is 5.21. The van der Waals surface area contributed by atoms with Crippen LogP contribution < -0.4 is 15.9 Å². The second-order valence-electron chi connectivity index (χ2n) is 8.28. The average molecular weight is 490 g/mol. The summed E-state index contributed by atoms with van der Waals surface area (Å²) in [7, 11) is 0. The molecule has 4 aromatic rings. The Morgan fingerprint density at radius 1 is 1.00 bits per heavy atom. The number of anilines is 1. The number of nitrogen functional groups attached to an aromatic ring is 1. The van der Waals surface area contributed by atoms with Gasteiger partial charge in [-0.05, 0) is 51.5 Å². The van der Waals surface area contributed by atoms with Gasteiger partial charge < -0.3 is 30.2 Å². The minimum Gasteiger partial charge on any atom is -0.507 e. The predicted molar refractivity (Wildman–Crippen MR) is 138 cm³/mol. The SMILES string of the molecule is CC(C)=CCc1c(O)cc2oc(C)cc(=O)c2c1O.Nc1ccc(C(=O)Oc2ccccc2)c(O)c1. The lowest BCUT2D eigenvalue weighted by molar-refractivity contribution is 0.0731. The minimum absolute atomic E-state index is 0.0729. The maximum absolute atomic E-state index is 11.9. The van der Waals surface area contributed by atoms with Gasteiger partial charge in [0.15, 0.2) is 5.43 Å². The Hall–Kier alpha value is -4.72. The Bertz CT molecular complexity index is 1480. The van der Waals surface area contributed by atoms with Gasteiger partial charge in [-0.15, -0.1) is 0 Å². The van der Waals surface area contributed by atoms with Crippen LogP contribution in [0.25, 0.3) is 11.0 Å². The van der Waals surface area contributed by atoms with Crippen LogP contribution in [0.1, 0.15) is 35.5 Å². The molecule has 4 rings (SSSR count). The smallest absolute Gasteiger partial charge is 0.347 e. The van der Waals surface area contributed by atoms with E-state index in [9.17, 15) is 24.9 Å². The van der Waals surface area contributed by atoms with Crippen LogP contribution in [0.4, 0.5) is 5.69 Å². The topological polar surface area (TPSA) is 143 Å². The van der Waals surface area contributed by atoms with Crippen LogP contribution in [0.3, 0.4) is 0 Å². The first-order valence-electron chi connectivity index (χ1n) is 11.0. The van der Waals surface area contributed by atoms with Crippen molar-refractivity contribution < 1.29 is 29.3 Å². The van der Waals surface area contributed by atoms with Crippen LogP contribution in [0.5, 0.6) is 23.0 Å². The third-order valence-electron chi connectivity index (χ3n) is 5.11. The number of hydrogen-bond acceptors (Lipinski definition) is 8. The summed E-state index contributed by atoms with van der Waals surface area (Å²) in [6.07, 6.45) is 2.24. The number of phenols is 3. The highest BCUT2D eigenvalue weighted by Gasteiger charge is 2.16. The van der Waals surface area contributed by atoms with Gasteiger partial charge in [0.1, 0.15) is 45.3 Å². The number of aryl methyl sites for hydroxylation is 1. The fraction of sp³-hybridized carbons (Fsp3) is 0.143. The van der Waals surface area contributed by atoms with E-state index >= 15 is 0 Å². The standard InChI is InChI=1S/C15H16O4.C13H11NO3/c1-8(2)4-5-10-11(16)7-13-14(15(10)18)12(17)6-9(3)19-13;14-9-6-7-11(12(15)8-9)13(16)17-10-4-2-1-3-5-10/h4,6-7,16,18H,5H2,1-3H3;1-8,15H,14H2. The lowest BCUT2D eigenvalue weighted by Gasteiger charge is -2.08. The lowest BCUT2D eigenvalue weighted by Crippen LogP contribution is -2.08. The first kappa shape index (κ1) is 25.9. The number of aromatic hydroxyl groups is 3. The van der Waals surface area contributed by atoms with Crippen molar-refractivity contribution >= 4 is 22.6 Å². The highest BCUT2D eigenvalue weighted by Crippen LogP contribution is 2.34. The molecule has 0 amide bonds. The number of nitrogens with two attached hydrogens (primary N) is 1. The zero-order valence-electron chi connectivity index (χ0n) is 20.1. The molecule has 36 heavy (non-hydrogen) atoms. The summed E-state index contributed by atoms with van der Waals surface area (Å²) in [5, 5.41) is 29.8. The van der Waals surface area contributed by atoms with Gasteiger partial charge in [0.25, 0.3) is 0 Å². The summed E-state index contributed by atoms with van der Waals surface area (Å²) in [5.74, 6) is -0.223. The van der Waals surface area contributed by atoms with Crippen molar-refractivity contribution in [2.45, 2.75) is 27.2 Å². The van der Waals surface area contributed by atoms with E-state index in [1.54, 1.807) is 31.2 Å². The largest absolute Gasteiger partial charge is 0.507 e. The molecule has 8 heteroatoms. The molecule has 0 atom stereocenters. The molecule has 5 N–H and O–H groups in total. The summed E-state index contributed by atoms with van der Waals surface area (Å²) in [6.45, 7) is 5.49. The van der Waals surface area contributed by atoms with Crippen molar-refractivity contribution in [1.82, 2.24) is 0 Å². The van der Waals surface area contributed by atoms with E-state index in [0.717, 1.165) is 5.57 Å². The number of carbonyl (C=O) groups excluding carboxylic acids is 1. The molecule has 0 spiro atoms. The molecule has 8 nitrogen and oxygen atoms in total. The van der Waals surface area contributed by atoms with Crippen molar-refractivity contribution in [3.05, 3.63) is 99.4 Å². The van der Waals surface area contributed by atoms with Gasteiger partial charge in [-0.3, -0.25) is 4.79 Å². The molecule has 3 aromatic carbocycles. The number of phenolic OH excluding ortho intramolecular Hbond substituents is 3. The fourth-order valence-electron chi connectivity index (χ4n) is 3.33. The van der Waals surface area contributed by atoms with Crippen LogP contribution in [-0.2, 0) is 6.42 Å². The number of carbonyl (C=O) groups is 1. The molecule has 0 radical (unpaired) electrons. The lowest BCUT2D eigenvalue weighted by atomic mass is 10.0. The van der Waals surface area contributed by atoms with Crippen LogP contribution >= 0.6 is 0 Å². The average Bonchev–Trinajstić information content (AvgIpc) is 2.79. The number of para-hydroxylation sites is 1. The van der Waals surface area contributed by atoms with Crippen molar-refractivity contribution in [2.75, 3.05) is 5.73 Å². The number of ether oxygens (including phenoxy) is 1. The quantitative estimate of drug-likeness (QED) is 0.132. The Morgan fingerprint density at radius 2 is 1.69 bits per heavy atom. The first-order chi connectivity index (χ1) is 17.1. The zero-order valence-corrected chi connectivity index (χ0v) is 20.1. The van der Waals surface area contributed by atoms with Crippen LogP contribution in [-0.4, -0.2) is 21.3 Å². The highest BCUT2D eigenvalue weighted by molar-refractivity contribution is 5.94. The molecule has 1 aromatic heterocycles. The second kappa shape index (κ2) is 11.1. The molecular formula is C28H27NO7. The summed E-state index contributed by atoms with van der Waals surface area (Å²) >= 11 is 0. The van der Waals surface area contributed by atoms with Crippen molar-refractivity contribution in [2.24, 2.45) is 0 Å². The summed E-state index contributed by atoms with van der Waals surface area (Å²) in [5.41, 5.74) is 7.23. The first-order valence-corrected chi connectivity index (χ1v) is 11.0. The molecule has 186 valence electrons. The molecule has 0 saturated carbocycles. The number of rotatable bonds is 4. The molecule has 1 heterocycles. The van der Waals surface area contributed by atoms with E-state index < -0.39 is 5.97 Å². The number of esters is 1. The third kappa shape index (κ3) is 6.24. The van der Waals surface area contributed by atoms with Crippen molar-refractivity contribution in [3.63, 3.8) is 0 Å². The van der Waals surface area contributed by atoms with Crippen molar-refractivity contribution in [3.8, 4) is 23.0 Å². The summed E-state index contributed by atoms with van der Waals surface area (Å²) in [4.78, 5) is 23.6. The number of benzene rings is 3. The normalized spacial score (nSPS) is 10.3. The number of fused-ring (bicyclic) bond motifs is 1. The van der Waals surface area contributed by atoms with Gasteiger partial charge in [0, 0.05) is 29.4 Å². The van der Waals surface area contributed by atoms with Crippen molar-refractivity contribution in [1.29, 1.82) is 0 Å². The molecule has 0 saturated heterocycles. The minimum atomic E-state index is -0.617. The molecule has 0 aliphatic heterocycles. The molecule has 0 aliphatic rings. The van der Waals surface area contributed by atoms with E-state index in [1.165, 1.54) is 30.3 Å². The Balaban J connectivity index is 0.000000202. The van der Waals surface area contributed by atoms with E-state index in [4.69, 9.17) is 14.9 Å². The Kier molecular flexibility index (Phi) is 8.01. The van der Waals surface area contributed by atoms with Crippen LogP contribution in [0.2, 0.25) is 0 Å². The summed E-state index contributed by atoms with van der Waals surface area (Å²) < 4.78 is 10.4. The maximum atomic E-state index is 11.9. The molecular weight excluding hydrogens is 462 g/mol. The Morgan fingerprint density at radius 3 is 2.33 bits per heavy atom. The fourth-order valence-corrected chi connectivity index (χ4v) is 3.33. The summed E-state index contributed by atoms with van der Waals surface area (Å²) in [6, 6.07) is 15.6. The maximum Gasteiger partial charge on any atom is 0.347 e. The van der Waals surface area contributed by atoms with Crippen LogP contribution in [0.15, 0.2) is 81.5 Å². The molecule has 0 unspecified atom stereocenters. The van der Waals surface area contributed by atoms with E-state index in [1.807, 2.05) is 26.0 Å².